The number of hydrogen-bond acceptors (Lipinski definition) is 5. The van der Waals surface area contributed by atoms with E-state index in [4.69, 9.17) is 14.6 Å². The van der Waals surface area contributed by atoms with Crippen LogP contribution in [0.4, 0.5) is 5.69 Å². The fraction of sp³-hybridized carbons (Fsp3) is 0.364. The molecule has 0 spiro atoms. The van der Waals surface area contributed by atoms with Gasteiger partial charge in [0.25, 0.3) is 5.69 Å². The Kier molecular flexibility index (Phi) is 3.54. The number of hydrogen-bond donors (Lipinski definition) is 1. The summed E-state index contributed by atoms with van der Waals surface area (Å²) >= 11 is 0. The number of para-hydroxylation sites is 1. The zero-order valence-corrected chi connectivity index (χ0v) is 9.31. The second-order valence-electron chi connectivity index (χ2n) is 3.82. The van der Waals surface area contributed by atoms with Gasteiger partial charge in [-0.1, -0.05) is 12.1 Å². The zero-order chi connectivity index (χ0) is 13.1. The first-order valence-electron chi connectivity index (χ1n) is 5.29. The van der Waals surface area contributed by atoms with Gasteiger partial charge in [0.15, 0.2) is 6.10 Å². The van der Waals surface area contributed by atoms with Crippen molar-refractivity contribution in [3.05, 3.63) is 39.9 Å². The predicted molar refractivity (Wildman–Crippen MR) is 59.2 cm³/mol. The first-order valence-corrected chi connectivity index (χ1v) is 5.29. The van der Waals surface area contributed by atoms with Gasteiger partial charge in [0.05, 0.1) is 23.7 Å². The topological polar surface area (TPSA) is 102 Å². The summed E-state index contributed by atoms with van der Waals surface area (Å²) in [5, 5.41) is 19.9. The maximum Gasteiger partial charge on any atom is 0.337 e. The highest BCUT2D eigenvalue weighted by atomic mass is 16.6. The summed E-state index contributed by atoms with van der Waals surface area (Å²) in [5.74, 6) is -1.26. The van der Waals surface area contributed by atoms with Crippen molar-refractivity contribution in [3.63, 3.8) is 0 Å². The second-order valence-corrected chi connectivity index (χ2v) is 3.82. The Bertz CT molecular complexity index is 470. The van der Waals surface area contributed by atoms with Crippen LogP contribution in [0.15, 0.2) is 24.3 Å². The van der Waals surface area contributed by atoms with E-state index in [9.17, 15) is 14.9 Å². The lowest BCUT2D eigenvalue weighted by Gasteiger charge is -2.13. The van der Waals surface area contributed by atoms with Gasteiger partial charge in [-0.05, 0) is 6.07 Å². The van der Waals surface area contributed by atoms with Crippen molar-refractivity contribution in [1.82, 2.24) is 0 Å². The average molecular weight is 253 g/mol. The molecule has 1 aromatic carbocycles. The molecule has 1 N–H and O–H groups in total. The highest BCUT2D eigenvalue weighted by Gasteiger charge is 2.31. The minimum absolute atomic E-state index is 0.0376. The summed E-state index contributed by atoms with van der Waals surface area (Å²) in [6.45, 7) is 0.645. The third-order valence-electron chi connectivity index (χ3n) is 2.49. The van der Waals surface area contributed by atoms with Crippen molar-refractivity contribution in [1.29, 1.82) is 0 Å². The maximum absolute atomic E-state index is 11.1. The van der Waals surface area contributed by atoms with E-state index in [-0.39, 0.29) is 24.0 Å². The monoisotopic (exact) mass is 253 g/mol. The van der Waals surface area contributed by atoms with E-state index in [2.05, 4.69) is 0 Å². The number of nitro benzene ring substituents is 1. The summed E-state index contributed by atoms with van der Waals surface area (Å²) in [5.41, 5.74) is -0.225. The molecule has 2 atom stereocenters. The fourth-order valence-corrected chi connectivity index (χ4v) is 1.54. The number of benzene rings is 1. The fourth-order valence-electron chi connectivity index (χ4n) is 1.54. The Morgan fingerprint density at radius 2 is 2.28 bits per heavy atom. The van der Waals surface area contributed by atoms with E-state index in [1.165, 1.54) is 24.3 Å². The second kappa shape index (κ2) is 5.11. The molecule has 1 fully saturated rings. The van der Waals surface area contributed by atoms with E-state index < -0.39 is 17.0 Å². The Morgan fingerprint density at radius 3 is 2.83 bits per heavy atom. The highest BCUT2D eigenvalue weighted by molar-refractivity contribution is 5.76. The molecule has 1 heterocycles. The molecule has 1 aliphatic heterocycles. The van der Waals surface area contributed by atoms with Crippen molar-refractivity contribution in [2.24, 2.45) is 0 Å². The van der Waals surface area contributed by atoms with Crippen molar-refractivity contribution in [2.75, 3.05) is 13.2 Å². The number of aliphatic carboxylic acids is 1. The van der Waals surface area contributed by atoms with E-state index in [1.807, 2.05) is 0 Å². The van der Waals surface area contributed by atoms with Crippen LogP contribution >= 0.6 is 0 Å². The molecule has 0 radical (unpaired) electrons. The number of carboxylic acids is 1. The van der Waals surface area contributed by atoms with Gasteiger partial charge in [0.1, 0.15) is 6.10 Å². The molecule has 0 amide bonds. The molecule has 2 rings (SSSR count). The van der Waals surface area contributed by atoms with Crippen molar-refractivity contribution >= 4 is 11.7 Å². The van der Waals surface area contributed by atoms with Crippen LogP contribution in [0.1, 0.15) is 11.7 Å². The number of ether oxygens (including phenoxy) is 2. The average Bonchev–Trinajstić information content (AvgIpc) is 3.13. The number of epoxide rings is 1. The lowest BCUT2D eigenvalue weighted by atomic mass is 10.1. The molecule has 7 heteroatoms. The third kappa shape index (κ3) is 2.82. The van der Waals surface area contributed by atoms with Crippen LogP contribution in [-0.2, 0) is 14.3 Å². The molecule has 2 unspecified atom stereocenters. The summed E-state index contributed by atoms with van der Waals surface area (Å²) < 4.78 is 10.1. The molecular weight excluding hydrogens is 242 g/mol. The highest BCUT2D eigenvalue weighted by Crippen LogP contribution is 2.28. The minimum Gasteiger partial charge on any atom is -0.479 e. The molecular formula is C11H11NO6. The number of rotatable bonds is 6. The van der Waals surface area contributed by atoms with Gasteiger partial charge in [-0.25, -0.2) is 4.79 Å². The van der Waals surface area contributed by atoms with Crippen molar-refractivity contribution in [2.45, 2.75) is 12.2 Å². The molecule has 1 aromatic rings. The maximum atomic E-state index is 11.1. The van der Waals surface area contributed by atoms with Crippen LogP contribution in [0.25, 0.3) is 0 Å². The third-order valence-corrected chi connectivity index (χ3v) is 2.49. The Labute approximate surface area is 102 Å². The lowest BCUT2D eigenvalue weighted by molar-refractivity contribution is -0.386. The molecule has 1 aliphatic rings. The van der Waals surface area contributed by atoms with Gasteiger partial charge in [-0.3, -0.25) is 10.1 Å². The quantitative estimate of drug-likeness (QED) is 0.463. The molecule has 0 bridgehead atoms. The summed E-state index contributed by atoms with van der Waals surface area (Å²) in [7, 11) is 0. The summed E-state index contributed by atoms with van der Waals surface area (Å²) in [4.78, 5) is 21.3. The largest absolute Gasteiger partial charge is 0.479 e. The molecule has 1 saturated heterocycles. The first-order chi connectivity index (χ1) is 8.59. The van der Waals surface area contributed by atoms with Gasteiger partial charge in [0, 0.05) is 6.07 Å². The van der Waals surface area contributed by atoms with Crippen LogP contribution in [0.5, 0.6) is 0 Å². The number of carboxylic acid groups (broad SMARTS) is 1. The molecule has 7 nitrogen and oxygen atoms in total. The van der Waals surface area contributed by atoms with Crippen LogP contribution in [-0.4, -0.2) is 35.3 Å². The van der Waals surface area contributed by atoms with E-state index >= 15 is 0 Å². The number of nitrogens with zero attached hydrogens (tertiary/aromatic N) is 1. The predicted octanol–water partition coefficient (Wildman–Crippen LogP) is 1.14. The van der Waals surface area contributed by atoms with Crippen LogP contribution in [0, 0.1) is 10.1 Å². The number of carbonyl (C=O) groups is 1. The first kappa shape index (κ1) is 12.5. The normalized spacial score (nSPS) is 19.2. The molecule has 18 heavy (non-hydrogen) atoms. The number of nitro groups is 1. The van der Waals surface area contributed by atoms with Crippen LogP contribution in [0.3, 0.4) is 0 Å². The summed E-state index contributed by atoms with van der Waals surface area (Å²) in [6.07, 6.45) is -1.45. The van der Waals surface area contributed by atoms with Crippen molar-refractivity contribution < 1.29 is 24.3 Å². The lowest BCUT2D eigenvalue weighted by Crippen LogP contribution is -2.19. The Hall–Kier alpha value is -1.99. The standard InChI is InChI=1S/C11H11NO6/c13-11(14)10(18-6-7-5-17-7)8-3-1-2-4-9(8)12(15)16/h1-4,7,10H,5-6H2,(H,13,14). The molecule has 0 aromatic heterocycles. The van der Waals surface area contributed by atoms with E-state index in [0.29, 0.717) is 6.61 Å². The van der Waals surface area contributed by atoms with Gasteiger partial charge >= 0.3 is 5.97 Å². The molecule has 96 valence electrons. The Morgan fingerprint density at radius 1 is 1.61 bits per heavy atom. The van der Waals surface area contributed by atoms with Crippen molar-refractivity contribution in [3.8, 4) is 0 Å². The SMILES string of the molecule is O=C(O)C(OCC1CO1)c1ccccc1[N+](=O)[O-]. The van der Waals surface area contributed by atoms with Gasteiger partial charge in [-0.2, -0.15) is 0 Å². The zero-order valence-electron chi connectivity index (χ0n) is 9.31. The van der Waals surface area contributed by atoms with Gasteiger partial charge < -0.3 is 14.6 Å². The Balaban J connectivity index is 2.23. The minimum atomic E-state index is -1.35. The van der Waals surface area contributed by atoms with Gasteiger partial charge in [-0.15, -0.1) is 0 Å². The van der Waals surface area contributed by atoms with Crippen LogP contribution in [0.2, 0.25) is 0 Å². The molecule has 0 aliphatic carbocycles. The van der Waals surface area contributed by atoms with E-state index in [0.717, 1.165) is 0 Å². The molecule has 0 saturated carbocycles. The van der Waals surface area contributed by atoms with Crippen LogP contribution < -0.4 is 0 Å². The summed E-state index contributed by atoms with van der Waals surface area (Å²) in [6, 6.07) is 5.65. The van der Waals surface area contributed by atoms with Gasteiger partial charge in [0.2, 0.25) is 0 Å². The smallest absolute Gasteiger partial charge is 0.337 e. The van der Waals surface area contributed by atoms with E-state index in [1.54, 1.807) is 0 Å².